The Morgan fingerprint density at radius 1 is 0.525 bits per heavy atom. The normalized spacial score (nSPS) is 10.5. The number of fused-ring (bicyclic) bond motifs is 4. The number of rotatable bonds is 8. The monoisotopic (exact) mass is 2210 g/mol. The Kier molecular flexibility index (Phi) is 38.3. The molecule has 12 aromatic rings. The molecule has 20 heteroatoms. The number of aliphatic hydroxyl groups excluding tert-OH is 1. The number of halogens is 4. The Morgan fingerprint density at radius 2 is 1.05 bits per heavy atom. The molecule has 0 bridgehead atoms. The van der Waals surface area contributed by atoms with Gasteiger partial charge in [-0.25, -0.2) is 8.78 Å². The summed E-state index contributed by atoms with van der Waals surface area (Å²) < 4.78 is 52.5. The van der Waals surface area contributed by atoms with E-state index in [9.17, 15) is 31.9 Å². The molecule has 6 aromatic heterocycles. The average molecular weight is 2210 g/mol. The molecule has 0 fully saturated rings. The maximum atomic E-state index is 13.8. The van der Waals surface area contributed by atoms with Crippen molar-refractivity contribution in [2.24, 2.45) is 0 Å². The van der Waals surface area contributed by atoms with E-state index < -0.39 is 29.2 Å². The molecular formula is C79H62F4Ir5N7O4-5. The molecule has 0 aliphatic heterocycles. The molecule has 0 amide bonds. The number of aliphatic hydroxyl groups is 1. The number of aryl methyl sites for hydroxylation is 1. The van der Waals surface area contributed by atoms with Crippen LogP contribution in [0.15, 0.2) is 237 Å². The predicted molar refractivity (Wildman–Crippen MR) is 359 cm³/mol. The maximum absolute atomic E-state index is 13.8. The van der Waals surface area contributed by atoms with Crippen molar-refractivity contribution in [1.82, 2.24) is 29.9 Å². The molecule has 0 saturated carbocycles. The zero-order valence-corrected chi connectivity index (χ0v) is 66.1. The van der Waals surface area contributed by atoms with Gasteiger partial charge in [-0.05, 0) is 115 Å². The molecule has 515 valence electrons. The number of pyridine rings is 6. The molecule has 1 aliphatic rings. The standard InChI is InChI=1S/C24H18N.C13H7F2N2.2C11H8N.C10H5F2N2.2C5H8O2.5Ir/c1-24(2)21-10-6-5-9-19(21)20-12-11-17(15-22(20)24)23-18-8-4-3-7-16(18)13-14-25-23;1-8-5-6-17-11(7-8)9-3-4-10(14)13(16-2)12(9)15;2*1-2-6-10(7-3-1)11-8-4-5-9-12-11;11-9-5-4-7(10(12)14-9)8-3-1-2-6-13-8;2*1-4(6)3-5(2)7;;;;;/h3-10,12-15H,1-2H3;4-7H,1H3;2*1-6,8-9H;1-3,5-6H;3H2,1-2H3;3,6H,1-2H3;;;;;/q5*-1;;;;;;;. The number of ketones is 3. The molecule has 0 unspecified atom stereocenters. The summed E-state index contributed by atoms with van der Waals surface area (Å²) in [7, 11) is 0. The number of aromatic nitrogens is 6. The average Bonchev–Trinajstić information content (AvgIpc) is 1.59. The molecule has 5 radical (unpaired) electrons. The summed E-state index contributed by atoms with van der Waals surface area (Å²) in [5, 5.41) is 10.8. The quantitative estimate of drug-likeness (QED) is 0.0388. The van der Waals surface area contributed by atoms with Crippen molar-refractivity contribution in [2.45, 2.75) is 60.3 Å². The molecule has 11 nitrogen and oxygen atoms in total. The van der Waals surface area contributed by atoms with Gasteiger partial charge in [0.15, 0.2) is 11.5 Å². The van der Waals surface area contributed by atoms with Crippen LogP contribution in [0.1, 0.15) is 64.7 Å². The zero-order chi connectivity index (χ0) is 67.6. The van der Waals surface area contributed by atoms with Gasteiger partial charge in [0.2, 0.25) is 0 Å². The number of carbonyl (C=O) groups is 3. The van der Waals surface area contributed by atoms with Gasteiger partial charge in [0, 0.05) is 149 Å². The Bertz CT molecular complexity index is 4430. The molecule has 0 atom stereocenters. The molecule has 0 saturated heterocycles. The number of hydrogen-bond donors (Lipinski definition) is 1. The molecule has 99 heavy (non-hydrogen) atoms. The number of nitrogens with zero attached hydrogens (tertiary/aromatic N) is 7. The van der Waals surface area contributed by atoms with Gasteiger partial charge in [0.1, 0.15) is 23.5 Å². The summed E-state index contributed by atoms with van der Waals surface area (Å²) in [6, 6.07) is 76.0. The minimum Gasteiger partial charge on any atom is -0.512 e. The molecule has 1 aliphatic carbocycles. The van der Waals surface area contributed by atoms with E-state index in [1.165, 1.54) is 79.2 Å². The van der Waals surface area contributed by atoms with Crippen LogP contribution < -0.4 is 0 Å². The fourth-order valence-corrected chi connectivity index (χ4v) is 9.42. The summed E-state index contributed by atoms with van der Waals surface area (Å²) in [4.78, 5) is 56.9. The first-order valence-corrected chi connectivity index (χ1v) is 29.2. The van der Waals surface area contributed by atoms with Crippen LogP contribution in [0.5, 0.6) is 0 Å². The van der Waals surface area contributed by atoms with Gasteiger partial charge in [-0.3, -0.25) is 33.0 Å². The van der Waals surface area contributed by atoms with Gasteiger partial charge in [-0.1, -0.05) is 133 Å². The second-order valence-electron chi connectivity index (χ2n) is 21.3. The van der Waals surface area contributed by atoms with Crippen molar-refractivity contribution < 1.29 is 138 Å². The molecule has 13 rings (SSSR count). The maximum Gasteiger partial charge on any atom is 0.176 e. The number of allylic oxidation sites excluding steroid dienone is 2. The number of benzene rings is 6. The summed E-state index contributed by atoms with van der Waals surface area (Å²) in [5.41, 5.74) is 12.6. The van der Waals surface area contributed by atoms with Crippen LogP contribution in [0.3, 0.4) is 0 Å². The Hall–Kier alpha value is -8.51. The number of Topliss-reactive ketones (excluding diaryl/α,β-unsaturated/α-hetero) is 2. The second-order valence-corrected chi connectivity index (χ2v) is 21.3. The largest absolute Gasteiger partial charge is 0.512 e. The van der Waals surface area contributed by atoms with E-state index in [1.54, 1.807) is 42.7 Å². The van der Waals surface area contributed by atoms with Crippen molar-refractivity contribution in [1.29, 1.82) is 0 Å². The fourth-order valence-electron chi connectivity index (χ4n) is 9.42. The van der Waals surface area contributed by atoms with Crippen LogP contribution in [0.25, 0.3) is 83.0 Å². The molecule has 0 spiro atoms. The van der Waals surface area contributed by atoms with Gasteiger partial charge in [-0.15, -0.1) is 125 Å². The SMILES string of the molecule is CC(=O)C=C(C)O.CC(=O)CC(C)=O.CC1(C)c2ccccc2-c2c[c-]c(-c3nccc4ccccc34)cc21.Fc1c[c-]c(-c2ccccn2)c(F)n1.[C-]#[N+]c1c(F)c[c-]c(-c2cc(C)ccn2)c1F.[Ir].[Ir].[Ir].[Ir].[Ir].[c-]1ccccc1-c1ccccn1.[c-]1ccccc1-c1ccccn1. The van der Waals surface area contributed by atoms with Crippen molar-refractivity contribution in [2.75, 3.05) is 0 Å². The zero-order valence-electron chi connectivity index (χ0n) is 54.1. The summed E-state index contributed by atoms with van der Waals surface area (Å²) >= 11 is 0. The predicted octanol–water partition coefficient (Wildman–Crippen LogP) is 18.6. The van der Waals surface area contributed by atoms with Gasteiger partial charge < -0.3 is 30.0 Å². The first-order valence-electron chi connectivity index (χ1n) is 29.2. The van der Waals surface area contributed by atoms with Gasteiger partial charge in [0.05, 0.1) is 18.8 Å². The van der Waals surface area contributed by atoms with Gasteiger partial charge in [0.25, 0.3) is 0 Å². The number of hydrogen-bond acceptors (Lipinski definition) is 10. The first-order chi connectivity index (χ1) is 45.2. The third-order valence-electron chi connectivity index (χ3n) is 13.6. The van der Waals surface area contributed by atoms with Crippen LogP contribution in [-0.4, -0.2) is 52.4 Å². The van der Waals surface area contributed by atoms with Crippen LogP contribution in [-0.2, 0) is 120 Å². The van der Waals surface area contributed by atoms with E-state index in [4.69, 9.17) is 11.7 Å². The Labute approximate surface area is 642 Å². The molecular weight excluding hydrogens is 2150 g/mol. The molecule has 6 aromatic carbocycles. The van der Waals surface area contributed by atoms with Crippen molar-refractivity contribution in [3.05, 3.63) is 319 Å². The smallest absolute Gasteiger partial charge is 0.176 e. The van der Waals surface area contributed by atoms with E-state index in [0.29, 0.717) is 11.4 Å². The van der Waals surface area contributed by atoms with E-state index in [2.05, 4.69) is 146 Å². The van der Waals surface area contributed by atoms with Crippen LogP contribution in [0.4, 0.5) is 23.2 Å². The van der Waals surface area contributed by atoms with E-state index in [1.807, 2.05) is 98.0 Å². The fraction of sp³-hybridized carbons (Fsp3) is 0.114. The van der Waals surface area contributed by atoms with Crippen LogP contribution in [0.2, 0.25) is 0 Å². The van der Waals surface area contributed by atoms with Gasteiger partial charge in [-0.2, -0.15) is 0 Å². The van der Waals surface area contributed by atoms with Crippen molar-refractivity contribution >= 4 is 33.8 Å². The topological polar surface area (TPSA) is 153 Å². The summed E-state index contributed by atoms with van der Waals surface area (Å²) in [6.45, 7) is 18.8. The molecule has 1 N–H and O–H groups in total. The number of carbonyl (C=O) groups excluding carboxylic acids is 3. The minimum absolute atomic E-state index is 0. The molecule has 6 heterocycles. The van der Waals surface area contributed by atoms with E-state index in [0.717, 1.165) is 51.5 Å². The van der Waals surface area contributed by atoms with Crippen molar-refractivity contribution in [3.63, 3.8) is 0 Å². The minimum atomic E-state index is -0.918. The van der Waals surface area contributed by atoms with Crippen LogP contribution in [0, 0.1) is 67.4 Å². The second kappa shape index (κ2) is 43.8. The van der Waals surface area contributed by atoms with Gasteiger partial charge >= 0.3 is 0 Å². The summed E-state index contributed by atoms with van der Waals surface area (Å²) in [5.74, 6) is -3.80. The third kappa shape index (κ3) is 25.9. The third-order valence-corrected chi connectivity index (χ3v) is 13.6. The van der Waals surface area contributed by atoms with E-state index >= 15 is 0 Å². The van der Waals surface area contributed by atoms with Crippen molar-refractivity contribution in [3.8, 4) is 67.4 Å². The Morgan fingerprint density at radius 3 is 1.55 bits per heavy atom. The van der Waals surface area contributed by atoms with E-state index in [-0.39, 0.29) is 147 Å². The first kappa shape index (κ1) is 86.6. The Balaban J connectivity index is 0.000000406. The van der Waals surface area contributed by atoms with Crippen LogP contribution >= 0.6 is 0 Å². The summed E-state index contributed by atoms with van der Waals surface area (Å²) in [6.07, 6.45) is 9.76.